The van der Waals surface area contributed by atoms with Crippen LogP contribution >= 0.6 is 11.3 Å². The Labute approximate surface area is 137 Å². The topological polar surface area (TPSA) is 32.8 Å². The smallest absolute Gasteiger partial charge is 0.227 e. The van der Waals surface area contributed by atoms with Crippen LogP contribution in [0.2, 0.25) is 0 Å². The van der Waals surface area contributed by atoms with Gasteiger partial charge < -0.3 is 14.5 Å². The molecule has 0 saturated carbocycles. The quantitative estimate of drug-likeness (QED) is 0.853. The Morgan fingerprint density at radius 1 is 1.50 bits per heavy atom. The van der Waals surface area contributed by atoms with Crippen LogP contribution in [0.1, 0.15) is 31.1 Å². The molecule has 0 unspecified atom stereocenters. The van der Waals surface area contributed by atoms with Crippen molar-refractivity contribution in [2.24, 2.45) is 0 Å². The molecule has 0 bridgehead atoms. The van der Waals surface area contributed by atoms with Crippen LogP contribution in [0.25, 0.3) is 0 Å². The third kappa shape index (κ3) is 3.36. The number of hydrogen-bond acceptors (Lipinski definition) is 4. The molecule has 1 spiro atoms. The number of rotatable bonds is 4. The summed E-state index contributed by atoms with van der Waals surface area (Å²) in [5.74, 6) is 0.262. The molecule has 1 atom stereocenters. The molecule has 5 heteroatoms. The predicted molar refractivity (Wildman–Crippen MR) is 89.2 cm³/mol. The number of thiophene rings is 1. The number of likely N-dealkylation sites (tertiary alicyclic amines) is 1. The molecule has 0 N–H and O–H groups in total. The Kier molecular flexibility index (Phi) is 4.85. The number of likely N-dealkylation sites (N-methyl/N-ethyl adjacent to an activating group) is 1. The van der Waals surface area contributed by atoms with E-state index in [1.165, 1.54) is 0 Å². The molecule has 2 aliphatic rings. The Morgan fingerprint density at radius 3 is 2.91 bits per heavy atom. The first-order chi connectivity index (χ1) is 10.6. The summed E-state index contributed by atoms with van der Waals surface area (Å²) in [6.45, 7) is 5.78. The number of nitrogens with zero attached hydrogens (tertiary/aromatic N) is 2. The van der Waals surface area contributed by atoms with Gasteiger partial charge in [-0.05, 0) is 44.3 Å². The number of hydrogen-bond donors (Lipinski definition) is 0. The van der Waals surface area contributed by atoms with E-state index < -0.39 is 0 Å². The lowest BCUT2D eigenvalue weighted by atomic mass is 9.87. The van der Waals surface area contributed by atoms with E-state index in [1.54, 1.807) is 11.3 Å². The molecule has 22 heavy (non-hydrogen) atoms. The Balaban J connectivity index is 1.51. The molecular formula is C17H26N2O2S. The van der Waals surface area contributed by atoms with Crippen LogP contribution in [0.3, 0.4) is 0 Å². The first-order valence-corrected chi connectivity index (χ1v) is 9.14. The lowest BCUT2D eigenvalue weighted by molar-refractivity contribution is -0.135. The number of amides is 1. The molecule has 2 aliphatic heterocycles. The van der Waals surface area contributed by atoms with E-state index in [-0.39, 0.29) is 11.5 Å². The highest BCUT2D eigenvalue weighted by Crippen LogP contribution is 2.37. The average molecular weight is 322 g/mol. The predicted octanol–water partition coefficient (Wildman–Crippen LogP) is 2.39. The molecule has 1 aromatic heterocycles. The number of carbonyl (C=O) groups excluding carboxylic acids is 1. The molecule has 3 heterocycles. The van der Waals surface area contributed by atoms with Gasteiger partial charge in [0.25, 0.3) is 0 Å². The second-order valence-electron chi connectivity index (χ2n) is 6.56. The van der Waals surface area contributed by atoms with Crippen LogP contribution in [0.15, 0.2) is 17.5 Å². The molecule has 1 amide bonds. The minimum Gasteiger partial charge on any atom is -0.373 e. The largest absolute Gasteiger partial charge is 0.373 e. The van der Waals surface area contributed by atoms with Crippen LogP contribution < -0.4 is 0 Å². The monoisotopic (exact) mass is 322 g/mol. The molecule has 0 radical (unpaired) electrons. The number of ether oxygens (including phenoxy) is 1. The fourth-order valence-corrected chi connectivity index (χ4v) is 4.24. The minimum absolute atomic E-state index is 0.0216. The summed E-state index contributed by atoms with van der Waals surface area (Å²) in [4.78, 5) is 17.9. The van der Waals surface area contributed by atoms with E-state index in [0.29, 0.717) is 12.5 Å². The molecule has 122 valence electrons. The van der Waals surface area contributed by atoms with E-state index in [9.17, 15) is 4.79 Å². The van der Waals surface area contributed by atoms with Crippen molar-refractivity contribution in [2.45, 2.75) is 44.2 Å². The fourth-order valence-electron chi connectivity index (χ4n) is 3.55. The highest BCUT2D eigenvalue weighted by molar-refractivity contribution is 7.10. The second-order valence-corrected chi connectivity index (χ2v) is 7.59. The summed E-state index contributed by atoms with van der Waals surface area (Å²) in [6.07, 6.45) is 3.63. The van der Waals surface area contributed by atoms with Crippen molar-refractivity contribution in [1.82, 2.24) is 9.80 Å². The lowest BCUT2D eigenvalue weighted by Crippen LogP contribution is -2.47. The van der Waals surface area contributed by atoms with Crippen molar-refractivity contribution < 1.29 is 9.53 Å². The summed E-state index contributed by atoms with van der Waals surface area (Å²) in [5.41, 5.74) is 0.0216. The van der Waals surface area contributed by atoms with Crippen molar-refractivity contribution in [2.75, 3.05) is 33.3 Å². The number of piperidine rings is 1. The molecule has 0 aliphatic carbocycles. The summed E-state index contributed by atoms with van der Waals surface area (Å²) < 4.78 is 6.17. The van der Waals surface area contributed by atoms with Gasteiger partial charge in [-0.2, -0.15) is 0 Å². The SMILES string of the molecule is CCN(C)[C@@H]1COC2(CCN(C(=O)Cc3cccs3)CC2)C1. The zero-order chi connectivity index (χ0) is 15.6. The average Bonchev–Trinajstić information content (AvgIpc) is 3.18. The van der Waals surface area contributed by atoms with E-state index in [4.69, 9.17) is 4.74 Å². The van der Waals surface area contributed by atoms with Crippen LogP contribution in [0.5, 0.6) is 0 Å². The molecule has 1 aromatic rings. The van der Waals surface area contributed by atoms with Crippen LogP contribution in [0.4, 0.5) is 0 Å². The maximum atomic E-state index is 12.4. The number of carbonyl (C=O) groups is 1. The third-order valence-corrected chi connectivity index (χ3v) is 6.12. The standard InChI is InChI=1S/C17H26N2O2S/c1-3-18(2)14-12-17(21-13-14)6-8-19(9-7-17)16(20)11-15-5-4-10-22-15/h4-5,10,14H,3,6-9,11-13H2,1-2H3/t14-/m0/s1. The Morgan fingerprint density at radius 2 is 2.27 bits per heavy atom. The zero-order valence-corrected chi connectivity index (χ0v) is 14.4. The van der Waals surface area contributed by atoms with Gasteiger partial charge in [-0.1, -0.05) is 13.0 Å². The first kappa shape index (κ1) is 16.0. The van der Waals surface area contributed by atoms with Gasteiger partial charge in [-0.3, -0.25) is 4.79 Å². The lowest BCUT2D eigenvalue weighted by Gasteiger charge is -2.39. The van der Waals surface area contributed by atoms with Crippen molar-refractivity contribution in [3.8, 4) is 0 Å². The van der Waals surface area contributed by atoms with Crippen LogP contribution in [-0.2, 0) is 16.0 Å². The van der Waals surface area contributed by atoms with E-state index >= 15 is 0 Å². The fraction of sp³-hybridized carbons (Fsp3) is 0.706. The van der Waals surface area contributed by atoms with Gasteiger partial charge in [0.15, 0.2) is 0 Å². The normalized spacial score (nSPS) is 24.3. The molecule has 2 fully saturated rings. The van der Waals surface area contributed by atoms with Gasteiger partial charge in [0.1, 0.15) is 0 Å². The molecule has 3 rings (SSSR count). The van der Waals surface area contributed by atoms with Gasteiger partial charge >= 0.3 is 0 Å². The molecule has 2 saturated heterocycles. The summed E-state index contributed by atoms with van der Waals surface area (Å²) in [7, 11) is 2.17. The molecule has 4 nitrogen and oxygen atoms in total. The highest BCUT2D eigenvalue weighted by Gasteiger charge is 2.44. The van der Waals surface area contributed by atoms with Crippen LogP contribution in [0, 0.1) is 0 Å². The van der Waals surface area contributed by atoms with Gasteiger partial charge in [0, 0.05) is 24.0 Å². The minimum atomic E-state index is 0.0216. The van der Waals surface area contributed by atoms with Crippen molar-refractivity contribution in [3.63, 3.8) is 0 Å². The maximum absolute atomic E-state index is 12.4. The van der Waals surface area contributed by atoms with Crippen molar-refractivity contribution >= 4 is 17.2 Å². The summed E-state index contributed by atoms with van der Waals surface area (Å²) in [5, 5.41) is 2.03. The molecular weight excluding hydrogens is 296 g/mol. The Hall–Kier alpha value is -0.910. The van der Waals surface area contributed by atoms with Gasteiger partial charge in [-0.15, -0.1) is 11.3 Å². The van der Waals surface area contributed by atoms with E-state index in [2.05, 4.69) is 18.9 Å². The third-order valence-electron chi connectivity index (χ3n) is 5.24. The van der Waals surface area contributed by atoms with Gasteiger partial charge in [0.05, 0.1) is 18.6 Å². The summed E-state index contributed by atoms with van der Waals surface area (Å²) in [6, 6.07) is 4.59. The van der Waals surface area contributed by atoms with Gasteiger partial charge in [-0.25, -0.2) is 0 Å². The van der Waals surface area contributed by atoms with E-state index in [0.717, 1.165) is 50.4 Å². The van der Waals surface area contributed by atoms with Crippen molar-refractivity contribution in [1.29, 1.82) is 0 Å². The second kappa shape index (κ2) is 6.69. The van der Waals surface area contributed by atoms with Crippen molar-refractivity contribution in [3.05, 3.63) is 22.4 Å². The van der Waals surface area contributed by atoms with Gasteiger partial charge in [0.2, 0.25) is 5.91 Å². The van der Waals surface area contributed by atoms with Crippen LogP contribution in [-0.4, -0.2) is 60.6 Å². The highest BCUT2D eigenvalue weighted by atomic mass is 32.1. The summed E-state index contributed by atoms with van der Waals surface area (Å²) >= 11 is 1.66. The maximum Gasteiger partial charge on any atom is 0.227 e. The molecule has 0 aromatic carbocycles. The Bertz CT molecular complexity index is 495. The first-order valence-electron chi connectivity index (χ1n) is 8.26. The zero-order valence-electron chi connectivity index (χ0n) is 13.6. The van der Waals surface area contributed by atoms with E-state index in [1.807, 2.05) is 22.4 Å².